The van der Waals surface area contributed by atoms with Crippen LogP contribution in [0.15, 0.2) is 23.4 Å². The van der Waals surface area contributed by atoms with E-state index in [0.29, 0.717) is 23.3 Å². The lowest BCUT2D eigenvalue weighted by atomic mass is 9.89. The molecule has 110 valence electrons. The molecular weight excluding hydrogens is 276 g/mol. The summed E-state index contributed by atoms with van der Waals surface area (Å²) in [6.45, 7) is 2.80. The highest BCUT2D eigenvalue weighted by Gasteiger charge is 2.18. The van der Waals surface area contributed by atoms with Crippen molar-refractivity contribution in [2.45, 2.75) is 45.3 Å². The molecule has 4 nitrogen and oxygen atoms in total. The number of hydrogen-bond acceptors (Lipinski definition) is 3. The van der Waals surface area contributed by atoms with Gasteiger partial charge >= 0.3 is 0 Å². The molecule has 1 aliphatic rings. The van der Waals surface area contributed by atoms with E-state index < -0.39 is 0 Å². The highest BCUT2D eigenvalue weighted by Crippen LogP contribution is 2.27. The van der Waals surface area contributed by atoms with Crippen molar-refractivity contribution in [2.24, 2.45) is 16.8 Å². The Hall–Kier alpha value is -1.26. The Morgan fingerprint density at radius 2 is 2.10 bits per heavy atom. The number of nitrogens with zero attached hydrogens (tertiary/aromatic N) is 1. The van der Waals surface area contributed by atoms with Crippen LogP contribution in [0.3, 0.4) is 0 Å². The third-order valence-electron chi connectivity index (χ3n) is 3.89. The maximum Gasteiger partial charge on any atom is 0.170 e. The van der Waals surface area contributed by atoms with Crippen molar-refractivity contribution in [3.05, 3.63) is 34.3 Å². The summed E-state index contributed by atoms with van der Waals surface area (Å²) in [5.41, 5.74) is 7.06. The third kappa shape index (κ3) is 3.87. The van der Waals surface area contributed by atoms with Crippen LogP contribution in [0.2, 0.25) is 5.02 Å². The number of ether oxygens (including phenoxy) is 1. The minimum absolute atomic E-state index is 0.0561. The normalized spacial score (nSPS) is 23.8. The molecule has 1 saturated carbocycles. The average Bonchev–Trinajstić information content (AvgIpc) is 2.46. The molecule has 0 spiro atoms. The van der Waals surface area contributed by atoms with E-state index in [2.05, 4.69) is 12.1 Å². The minimum Gasteiger partial charge on any atom is -0.409 e. The molecule has 0 radical (unpaired) electrons. The molecule has 0 heterocycles. The maximum atomic E-state index is 8.64. The second-order valence-corrected chi connectivity index (χ2v) is 5.89. The average molecular weight is 297 g/mol. The number of hydrogen-bond donors (Lipinski definition) is 2. The summed E-state index contributed by atoms with van der Waals surface area (Å²) in [6.07, 6.45) is 5.06. The van der Waals surface area contributed by atoms with E-state index in [1.807, 2.05) is 6.07 Å². The zero-order chi connectivity index (χ0) is 14.5. The van der Waals surface area contributed by atoms with Gasteiger partial charge in [-0.25, -0.2) is 0 Å². The molecule has 0 aromatic heterocycles. The van der Waals surface area contributed by atoms with Crippen LogP contribution in [-0.2, 0) is 11.3 Å². The molecule has 1 aliphatic carbocycles. The Morgan fingerprint density at radius 3 is 2.70 bits per heavy atom. The second-order valence-electron chi connectivity index (χ2n) is 5.48. The smallest absolute Gasteiger partial charge is 0.170 e. The van der Waals surface area contributed by atoms with Crippen molar-refractivity contribution < 1.29 is 9.94 Å². The predicted octanol–water partition coefficient (Wildman–Crippen LogP) is 3.53. The Morgan fingerprint density at radius 1 is 1.40 bits per heavy atom. The SMILES string of the molecule is CC1CCC(OCc2ccc(/C(N)=N/O)cc2Cl)CC1. The molecule has 3 N–H and O–H groups in total. The van der Waals surface area contributed by atoms with Gasteiger partial charge in [0.05, 0.1) is 12.7 Å². The summed E-state index contributed by atoms with van der Waals surface area (Å²) < 4.78 is 5.93. The topological polar surface area (TPSA) is 67.8 Å². The molecule has 2 rings (SSSR count). The van der Waals surface area contributed by atoms with Crippen molar-refractivity contribution in [1.29, 1.82) is 0 Å². The summed E-state index contributed by atoms with van der Waals surface area (Å²) >= 11 is 6.20. The molecule has 0 bridgehead atoms. The monoisotopic (exact) mass is 296 g/mol. The van der Waals surface area contributed by atoms with Gasteiger partial charge in [-0.1, -0.05) is 35.8 Å². The van der Waals surface area contributed by atoms with Crippen LogP contribution in [0.4, 0.5) is 0 Å². The lowest BCUT2D eigenvalue weighted by Crippen LogP contribution is -2.20. The van der Waals surface area contributed by atoms with Crippen LogP contribution in [0.5, 0.6) is 0 Å². The number of oxime groups is 1. The lowest BCUT2D eigenvalue weighted by molar-refractivity contribution is 0.00881. The Balaban J connectivity index is 1.93. The van der Waals surface area contributed by atoms with Crippen molar-refractivity contribution in [3.8, 4) is 0 Å². The molecule has 1 fully saturated rings. The molecule has 0 unspecified atom stereocenters. The molecule has 1 aromatic carbocycles. The fourth-order valence-electron chi connectivity index (χ4n) is 2.49. The first-order chi connectivity index (χ1) is 9.60. The minimum atomic E-state index is 0.0561. The van der Waals surface area contributed by atoms with Gasteiger partial charge in [0, 0.05) is 10.6 Å². The molecule has 0 aliphatic heterocycles. The Labute approximate surface area is 124 Å². The fourth-order valence-corrected chi connectivity index (χ4v) is 2.72. The van der Waals surface area contributed by atoms with Gasteiger partial charge in [0.15, 0.2) is 5.84 Å². The van der Waals surface area contributed by atoms with Gasteiger partial charge in [-0.3, -0.25) is 0 Å². The van der Waals surface area contributed by atoms with E-state index in [1.165, 1.54) is 12.8 Å². The molecule has 0 saturated heterocycles. The van der Waals surface area contributed by atoms with E-state index in [9.17, 15) is 0 Å². The second kappa shape index (κ2) is 6.95. The summed E-state index contributed by atoms with van der Waals surface area (Å²) in [4.78, 5) is 0. The Kier molecular flexibility index (Phi) is 5.26. The zero-order valence-electron chi connectivity index (χ0n) is 11.7. The van der Waals surface area contributed by atoms with Crippen LogP contribution in [-0.4, -0.2) is 17.1 Å². The van der Waals surface area contributed by atoms with Gasteiger partial charge in [-0.05, 0) is 43.2 Å². The summed E-state index contributed by atoms with van der Waals surface area (Å²) in [5, 5.41) is 12.2. The largest absolute Gasteiger partial charge is 0.409 e. The molecular formula is C15H21ClN2O2. The standard InChI is InChI=1S/C15H21ClN2O2/c1-10-2-6-13(7-3-10)20-9-12-5-4-11(8-14(12)16)15(17)18-19/h4-5,8,10,13,19H,2-3,6-7,9H2,1H3,(H2,17,18). The highest BCUT2D eigenvalue weighted by atomic mass is 35.5. The van der Waals surface area contributed by atoms with Gasteiger partial charge < -0.3 is 15.7 Å². The third-order valence-corrected chi connectivity index (χ3v) is 4.25. The maximum absolute atomic E-state index is 8.64. The van der Waals surface area contributed by atoms with Crippen LogP contribution >= 0.6 is 11.6 Å². The highest BCUT2D eigenvalue weighted by molar-refractivity contribution is 6.31. The van der Waals surface area contributed by atoms with Crippen LogP contribution in [0.1, 0.15) is 43.7 Å². The number of benzene rings is 1. The zero-order valence-corrected chi connectivity index (χ0v) is 12.4. The number of rotatable bonds is 4. The van der Waals surface area contributed by atoms with Crippen molar-refractivity contribution in [3.63, 3.8) is 0 Å². The first-order valence-corrected chi connectivity index (χ1v) is 7.36. The number of halogens is 1. The van der Waals surface area contributed by atoms with E-state index in [-0.39, 0.29) is 5.84 Å². The molecule has 0 amide bonds. The van der Waals surface area contributed by atoms with Crippen molar-refractivity contribution in [2.75, 3.05) is 0 Å². The van der Waals surface area contributed by atoms with E-state index in [4.69, 9.17) is 27.3 Å². The quantitative estimate of drug-likeness (QED) is 0.386. The Bertz CT molecular complexity index is 483. The van der Waals surface area contributed by atoms with Crippen LogP contribution in [0, 0.1) is 5.92 Å². The van der Waals surface area contributed by atoms with Crippen LogP contribution < -0.4 is 5.73 Å². The molecule has 0 atom stereocenters. The van der Waals surface area contributed by atoms with Crippen molar-refractivity contribution >= 4 is 17.4 Å². The van der Waals surface area contributed by atoms with E-state index in [0.717, 1.165) is 24.3 Å². The van der Waals surface area contributed by atoms with E-state index >= 15 is 0 Å². The first kappa shape index (κ1) is 15.1. The molecule has 5 heteroatoms. The van der Waals surface area contributed by atoms with Gasteiger partial charge in [0.2, 0.25) is 0 Å². The van der Waals surface area contributed by atoms with Gasteiger partial charge in [-0.2, -0.15) is 0 Å². The van der Waals surface area contributed by atoms with Crippen molar-refractivity contribution in [1.82, 2.24) is 0 Å². The molecule has 20 heavy (non-hydrogen) atoms. The first-order valence-electron chi connectivity index (χ1n) is 6.98. The van der Waals surface area contributed by atoms with Gasteiger partial charge in [0.25, 0.3) is 0 Å². The van der Waals surface area contributed by atoms with Gasteiger partial charge in [0.1, 0.15) is 0 Å². The number of nitrogens with two attached hydrogens (primary N) is 1. The fraction of sp³-hybridized carbons (Fsp3) is 0.533. The van der Waals surface area contributed by atoms with E-state index in [1.54, 1.807) is 12.1 Å². The summed E-state index contributed by atoms with van der Waals surface area (Å²) in [5.74, 6) is 0.874. The predicted molar refractivity (Wildman–Crippen MR) is 80.2 cm³/mol. The number of amidine groups is 1. The summed E-state index contributed by atoms with van der Waals surface area (Å²) in [6, 6.07) is 5.34. The summed E-state index contributed by atoms with van der Waals surface area (Å²) in [7, 11) is 0. The van der Waals surface area contributed by atoms with Gasteiger partial charge in [-0.15, -0.1) is 0 Å². The van der Waals surface area contributed by atoms with Crippen LogP contribution in [0.25, 0.3) is 0 Å². The molecule has 1 aromatic rings. The lowest BCUT2D eigenvalue weighted by Gasteiger charge is -2.26.